The molecule has 0 aliphatic rings. The lowest BCUT2D eigenvalue weighted by Gasteiger charge is -2.13. The number of anilines is 2. The minimum absolute atomic E-state index is 0.192. The highest BCUT2D eigenvalue weighted by molar-refractivity contribution is 7.89. The first-order chi connectivity index (χ1) is 12.6. The first-order valence-corrected chi connectivity index (χ1v) is 9.82. The molecule has 0 bridgehead atoms. The molecule has 0 fully saturated rings. The van der Waals surface area contributed by atoms with Crippen molar-refractivity contribution in [3.63, 3.8) is 0 Å². The molecule has 2 rings (SSSR count). The van der Waals surface area contributed by atoms with Crippen LogP contribution in [0.1, 0.15) is 23.6 Å². The molecule has 0 aliphatic carbocycles. The molecule has 0 unspecified atom stereocenters. The Kier molecular flexibility index (Phi) is 6.35. The van der Waals surface area contributed by atoms with Gasteiger partial charge in [0.15, 0.2) is 0 Å². The van der Waals surface area contributed by atoms with Gasteiger partial charge >= 0.3 is 0 Å². The van der Waals surface area contributed by atoms with E-state index in [9.17, 15) is 18.0 Å². The molecule has 0 heterocycles. The standard InChI is InChI=1S/C19H23N3O4S/c1-12-9-13(2)19(14(3)10-12)27(25,26)20-11-18(24)22-17-7-5-16(6-8-17)21-15(4)23/h5-10,20H,11H2,1-4H3,(H,21,23)(H,22,24). The molecule has 0 aliphatic heterocycles. The predicted molar refractivity (Wildman–Crippen MR) is 105 cm³/mol. The van der Waals surface area contributed by atoms with E-state index in [-0.39, 0.29) is 17.3 Å². The second-order valence-electron chi connectivity index (χ2n) is 6.36. The summed E-state index contributed by atoms with van der Waals surface area (Å²) in [5.74, 6) is -0.684. The molecular weight excluding hydrogens is 366 g/mol. The Morgan fingerprint density at radius 1 is 0.889 bits per heavy atom. The van der Waals surface area contributed by atoms with Gasteiger partial charge in [-0.15, -0.1) is 0 Å². The number of sulfonamides is 1. The summed E-state index contributed by atoms with van der Waals surface area (Å²) in [7, 11) is -3.80. The van der Waals surface area contributed by atoms with Crippen LogP contribution in [-0.2, 0) is 19.6 Å². The second-order valence-corrected chi connectivity index (χ2v) is 8.06. The van der Waals surface area contributed by atoms with Gasteiger partial charge in [0, 0.05) is 18.3 Å². The van der Waals surface area contributed by atoms with Gasteiger partial charge in [-0.05, 0) is 56.2 Å². The smallest absolute Gasteiger partial charge is 0.241 e. The number of hydrogen-bond acceptors (Lipinski definition) is 4. The Labute approximate surface area is 159 Å². The van der Waals surface area contributed by atoms with Crippen LogP contribution in [0.25, 0.3) is 0 Å². The molecule has 2 aromatic rings. The largest absolute Gasteiger partial charge is 0.326 e. The van der Waals surface area contributed by atoms with Crippen LogP contribution in [0.15, 0.2) is 41.3 Å². The summed E-state index contributed by atoms with van der Waals surface area (Å²) >= 11 is 0. The molecule has 0 atom stereocenters. The van der Waals surface area contributed by atoms with E-state index in [0.717, 1.165) is 5.56 Å². The van der Waals surface area contributed by atoms with E-state index in [2.05, 4.69) is 15.4 Å². The Balaban J connectivity index is 2.01. The molecule has 8 heteroatoms. The first kappa shape index (κ1) is 20.6. The third kappa shape index (κ3) is 5.63. The minimum atomic E-state index is -3.80. The highest BCUT2D eigenvalue weighted by Crippen LogP contribution is 2.21. The summed E-state index contributed by atoms with van der Waals surface area (Å²) in [6, 6.07) is 10.1. The normalized spacial score (nSPS) is 11.1. The minimum Gasteiger partial charge on any atom is -0.326 e. The number of aryl methyl sites for hydroxylation is 3. The van der Waals surface area contributed by atoms with E-state index < -0.39 is 15.9 Å². The topological polar surface area (TPSA) is 104 Å². The SMILES string of the molecule is CC(=O)Nc1ccc(NC(=O)CNS(=O)(=O)c2c(C)cc(C)cc2C)cc1. The maximum absolute atomic E-state index is 12.6. The third-order valence-electron chi connectivity index (χ3n) is 3.79. The van der Waals surface area contributed by atoms with Crippen LogP contribution in [0.3, 0.4) is 0 Å². The molecule has 27 heavy (non-hydrogen) atoms. The van der Waals surface area contributed by atoms with E-state index in [0.29, 0.717) is 22.5 Å². The van der Waals surface area contributed by atoms with Gasteiger partial charge in [0.1, 0.15) is 0 Å². The number of hydrogen-bond donors (Lipinski definition) is 3. The maximum Gasteiger partial charge on any atom is 0.241 e. The average molecular weight is 389 g/mol. The van der Waals surface area contributed by atoms with Crippen molar-refractivity contribution >= 4 is 33.2 Å². The van der Waals surface area contributed by atoms with Crippen LogP contribution in [0.5, 0.6) is 0 Å². The fraction of sp³-hybridized carbons (Fsp3) is 0.263. The fourth-order valence-electron chi connectivity index (χ4n) is 2.87. The highest BCUT2D eigenvalue weighted by atomic mass is 32.2. The number of nitrogens with one attached hydrogen (secondary N) is 3. The van der Waals surface area contributed by atoms with Crippen LogP contribution >= 0.6 is 0 Å². The zero-order chi connectivity index (χ0) is 20.2. The molecule has 3 N–H and O–H groups in total. The van der Waals surface area contributed by atoms with Crippen molar-refractivity contribution in [1.29, 1.82) is 0 Å². The zero-order valence-corrected chi connectivity index (χ0v) is 16.5. The first-order valence-electron chi connectivity index (χ1n) is 8.33. The molecule has 144 valence electrons. The van der Waals surface area contributed by atoms with E-state index >= 15 is 0 Å². The number of rotatable bonds is 6. The monoisotopic (exact) mass is 389 g/mol. The van der Waals surface area contributed by atoms with Crippen molar-refractivity contribution in [3.05, 3.63) is 53.1 Å². The average Bonchev–Trinajstić information content (AvgIpc) is 2.53. The lowest BCUT2D eigenvalue weighted by atomic mass is 10.1. The van der Waals surface area contributed by atoms with Crippen molar-refractivity contribution in [2.45, 2.75) is 32.6 Å². The Bertz CT molecular complexity index is 944. The van der Waals surface area contributed by atoms with Crippen LogP contribution in [0, 0.1) is 20.8 Å². The molecule has 0 aromatic heterocycles. The summed E-state index contributed by atoms with van der Waals surface area (Å²) in [5, 5.41) is 5.23. The van der Waals surface area contributed by atoms with Gasteiger partial charge in [0.25, 0.3) is 0 Å². The van der Waals surface area contributed by atoms with Crippen LogP contribution in [0.4, 0.5) is 11.4 Å². The Morgan fingerprint density at radius 2 is 1.37 bits per heavy atom. The van der Waals surface area contributed by atoms with Gasteiger partial charge in [-0.25, -0.2) is 13.1 Å². The number of benzene rings is 2. The van der Waals surface area contributed by atoms with Gasteiger partial charge in [-0.1, -0.05) is 17.7 Å². The number of amides is 2. The van der Waals surface area contributed by atoms with Crippen LogP contribution in [-0.4, -0.2) is 26.8 Å². The zero-order valence-electron chi connectivity index (χ0n) is 15.7. The van der Waals surface area contributed by atoms with Crippen molar-refractivity contribution in [3.8, 4) is 0 Å². The van der Waals surface area contributed by atoms with E-state index in [1.807, 2.05) is 6.92 Å². The molecule has 0 radical (unpaired) electrons. The molecule has 7 nitrogen and oxygen atoms in total. The molecular formula is C19H23N3O4S. The van der Waals surface area contributed by atoms with Crippen molar-refractivity contribution < 1.29 is 18.0 Å². The quantitative estimate of drug-likeness (QED) is 0.706. The summed E-state index contributed by atoms with van der Waals surface area (Å²) in [6.45, 7) is 6.37. The van der Waals surface area contributed by atoms with E-state index in [1.54, 1.807) is 50.2 Å². The number of carbonyl (C=O) groups is 2. The van der Waals surface area contributed by atoms with Gasteiger partial charge < -0.3 is 10.6 Å². The predicted octanol–water partition coefficient (Wildman–Crippen LogP) is 2.49. The van der Waals surface area contributed by atoms with E-state index in [1.165, 1.54) is 6.92 Å². The number of carbonyl (C=O) groups excluding carboxylic acids is 2. The lowest BCUT2D eigenvalue weighted by Crippen LogP contribution is -2.33. The van der Waals surface area contributed by atoms with Crippen molar-refractivity contribution in [2.75, 3.05) is 17.2 Å². The summed E-state index contributed by atoms with van der Waals surface area (Å²) in [5.41, 5.74) is 3.34. The van der Waals surface area contributed by atoms with Gasteiger partial charge in [-0.2, -0.15) is 0 Å². The molecule has 0 saturated carbocycles. The fourth-order valence-corrected chi connectivity index (χ4v) is 4.30. The summed E-state index contributed by atoms with van der Waals surface area (Å²) < 4.78 is 27.5. The lowest BCUT2D eigenvalue weighted by molar-refractivity contribution is -0.115. The van der Waals surface area contributed by atoms with Gasteiger partial charge in [0.2, 0.25) is 21.8 Å². The van der Waals surface area contributed by atoms with Crippen molar-refractivity contribution in [1.82, 2.24) is 4.72 Å². The summed E-state index contributed by atoms with van der Waals surface area (Å²) in [4.78, 5) is 23.3. The highest BCUT2D eigenvalue weighted by Gasteiger charge is 2.20. The van der Waals surface area contributed by atoms with Crippen LogP contribution in [0.2, 0.25) is 0 Å². The molecule has 0 saturated heterocycles. The van der Waals surface area contributed by atoms with Crippen LogP contribution < -0.4 is 15.4 Å². The van der Waals surface area contributed by atoms with E-state index in [4.69, 9.17) is 0 Å². The molecule has 0 spiro atoms. The van der Waals surface area contributed by atoms with Gasteiger partial charge in [0.05, 0.1) is 11.4 Å². The Morgan fingerprint density at radius 3 is 1.85 bits per heavy atom. The van der Waals surface area contributed by atoms with Crippen molar-refractivity contribution in [2.24, 2.45) is 0 Å². The maximum atomic E-state index is 12.6. The molecule has 2 aromatic carbocycles. The summed E-state index contributed by atoms with van der Waals surface area (Å²) in [6.07, 6.45) is 0. The second kappa shape index (κ2) is 8.32. The molecule has 2 amide bonds. The van der Waals surface area contributed by atoms with Gasteiger partial charge in [-0.3, -0.25) is 9.59 Å². The third-order valence-corrected chi connectivity index (χ3v) is 5.49. The Hall–Kier alpha value is -2.71.